The van der Waals surface area contributed by atoms with Crippen LogP contribution in [-0.4, -0.2) is 6.67 Å². The molecule has 2 saturated carbocycles. The molecule has 2 bridgehead atoms. The Balaban J connectivity index is 2.08. The molecule has 0 amide bonds. The molecule has 0 aromatic carbocycles. The lowest BCUT2D eigenvalue weighted by atomic mass is 9.79. The average Bonchev–Trinajstić information content (AvgIpc) is 2.41. The van der Waals surface area contributed by atoms with Gasteiger partial charge < -0.3 is 0 Å². The van der Waals surface area contributed by atoms with Gasteiger partial charge in [0.15, 0.2) is 0 Å². The minimum absolute atomic E-state index is 0.107. The first-order chi connectivity index (χ1) is 5.66. The molecule has 2 fully saturated rings. The van der Waals surface area contributed by atoms with Gasteiger partial charge in [-0.2, -0.15) is 0 Å². The van der Waals surface area contributed by atoms with Crippen LogP contribution in [0.3, 0.4) is 0 Å². The summed E-state index contributed by atoms with van der Waals surface area (Å²) in [6, 6.07) is 0. The molecule has 12 heavy (non-hydrogen) atoms. The van der Waals surface area contributed by atoms with Crippen LogP contribution < -0.4 is 0 Å². The van der Waals surface area contributed by atoms with E-state index in [0.29, 0.717) is 11.3 Å². The molecule has 0 aromatic rings. The molecule has 2 aliphatic carbocycles. The van der Waals surface area contributed by atoms with E-state index in [1.807, 2.05) is 0 Å². The van der Waals surface area contributed by atoms with Gasteiger partial charge in [0, 0.05) is 0 Å². The Labute approximate surface area is 74.5 Å². The normalized spacial score (nSPS) is 43.8. The van der Waals surface area contributed by atoms with Crippen LogP contribution in [0.15, 0.2) is 0 Å². The molecule has 2 aliphatic rings. The minimum atomic E-state index is -0.107. The maximum Gasteiger partial charge on any atom is 0.0897 e. The predicted molar refractivity (Wildman–Crippen MR) is 48.7 cm³/mol. The first kappa shape index (κ1) is 8.52. The highest BCUT2D eigenvalue weighted by Crippen LogP contribution is 2.60. The van der Waals surface area contributed by atoms with Gasteiger partial charge in [0.2, 0.25) is 0 Å². The molecule has 0 heterocycles. The van der Waals surface area contributed by atoms with Gasteiger partial charge in [-0.1, -0.05) is 13.8 Å². The summed E-state index contributed by atoms with van der Waals surface area (Å²) in [4.78, 5) is 0. The van der Waals surface area contributed by atoms with Crippen molar-refractivity contribution in [1.29, 1.82) is 0 Å². The maximum atomic E-state index is 12.2. The molecule has 0 spiro atoms. The van der Waals surface area contributed by atoms with E-state index in [-0.39, 0.29) is 6.67 Å². The lowest BCUT2D eigenvalue weighted by molar-refractivity contribution is 0.220. The Morgan fingerprint density at radius 2 is 2.08 bits per heavy atom. The standard InChI is InChI=1S/C11H19F/c1-11(2)9-3-4-10(11)8(7-9)5-6-12/h8-10H,3-7H2,1-2H3. The molecule has 3 atom stereocenters. The summed E-state index contributed by atoms with van der Waals surface area (Å²) in [6.07, 6.45) is 4.90. The summed E-state index contributed by atoms with van der Waals surface area (Å²) < 4.78 is 12.2. The van der Waals surface area contributed by atoms with Crippen molar-refractivity contribution in [2.24, 2.45) is 23.2 Å². The van der Waals surface area contributed by atoms with Crippen LogP contribution >= 0.6 is 0 Å². The zero-order chi connectivity index (χ0) is 8.77. The molecule has 0 N–H and O–H groups in total. The van der Waals surface area contributed by atoms with Crippen LogP contribution in [0.25, 0.3) is 0 Å². The molecule has 0 nitrogen and oxygen atoms in total. The zero-order valence-electron chi connectivity index (χ0n) is 8.15. The molecular weight excluding hydrogens is 151 g/mol. The van der Waals surface area contributed by atoms with Crippen molar-refractivity contribution in [3.05, 3.63) is 0 Å². The Bertz CT molecular complexity index is 174. The molecule has 0 saturated heterocycles. The Morgan fingerprint density at radius 3 is 2.50 bits per heavy atom. The first-order valence-corrected chi connectivity index (χ1v) is 5.22. The Hall–Kier alpha value is -0.0700. The predicted octanol–water partition coefficient (Wildman–Crippen LogP) is 3.42. The van der Waals surface area contributed by atoms with Gasteiger partial charge in [-0.05, 0) is 48.9 Å². The van der Waals surface area contributed by atoms with E-state index in [4.69, 9.17) is 0 Å². The first-order valence-electron chi connectivity index (χ1n) is 5.22. The summed E-state index contributed by atoms with van der Waals surface area (Å²) >= 11 is 0. The summed E-state index contributed by atoms with van der Waals surface area (Å²) in [5.41, 5.74) is 0.528. The molecule has 3 unspecified atom stereocenters. The Morgan fingerprint density at radius 1 is 1.33 bits per heavy atom. The summed E-state index contributed by atoms with van der Waals surface area (Å²) in [5, 5.41) is 0. The van der Waals surface area contributed by atoms with Gasteiger partial charge in [-0.25, -0.2) is 0 Å². The molecule has 0 radical (unpaired) electrons. The molecular formula is C11H19F. The van der Waals surface area contributed by atoms with Crippen LogP contribution in [-0.2, 0) is 0 Å². The van der Waals surface area contributed by atoms with Crippen molar-refractivity contribution < 1.29 is 4.39 Å². The molecule has 1 heteroatoms. The number of alkyl halides is 1. The molecule has 2 rings (SSSR count). The average molecular weight is 170 g/mol. The van der Waals surface area contributed by atoms with E-state index >= 15 is 0 Å². The number of fused-ring (bicyclic) bond motifs is 2. The fourth-order valence-electron chi connectivity index (χ4n) is 3.68. The van der Waals surface area contributed by atoms with E-state index in [2.05, 4.69) is 13.8 Å². The summed E-state index contributed by atoms with van der Waals surface area (Å²) in [6.45, 7) is 4.66. The molecule has 0 aromatic heterocycles. The monoisotopic (exact) mass is 170 g/mol. The second kappa shape index (κ2) is 2.71. The third-order valence-electron chi connectivity index (χ3n) is 4.47. The van der Waals surface area contributed by atoms with Crippen LogP contribution in [0.1, 0.15) is 39.5 Å². The number of hydrogen-bond acceptors (Lipinski definition) is 0. The van der Waals surface area contributed by atoms with Crippen LogP contribution in [0.5, 0.6) is 0 Å². The van der Waals surface area contributed by atoms with Crippen molar-refractivity contribution >= 4 is 0 Å². The van der Waals surface area contributed by atoms with Crippen LogP contribution in [0.4, 0.5) is 4.39 Å². The van der Waals surface area contributed by atoms with Gasteiger partial charge in [-0.3, -0.25) is 4.39 Å². The number of halogens is 1. The van der Waals surface area contributed by atoms with Gasteiger partial charge >= 0.3 is 0 Å². The quantitative estimate of drug-likeness (QED) is 0.595. The van der Waals surface area contributed by atoms with E-state index < -0.39 is 0 Å². The zero-order valence-corrected chi connectivity index (χ0v) is 8.15. The van der Waals surface area contributed by atoms with Crippen molar-refractivity contribution in [3.8, 4) is 0 Å². The SMILES string of the molecule is CC1(C)C2CCC1C(CCF)C2. The van der Waals surface area contributed by atoms with E-state index in [1.54, 1.807) is 0 Å². The Kier molecular flexibility index (Phi) is 1.93. The van der Waals surface area contributed by atoms with E-state index in [0.717, 1.165) is 18.3 Å². The van der Waals surface area contributed by atoms with Gasteiger partial charge in [-0.15, -0.1) is 0 Å². The van der Waals surface area contributed by atoms with Crippen LogP contribution in [0, 0.1) is 23.2 Å². The second-order valence-corrected chi connectivity index (χ2v) is 5.18. The molecule has 70 valence electrons. The van der Waals surface area contributed by atoms with Gasteiger partial charge in [0.1, 0.15) is 0 Å². The number of rotatable bonds is 2. The fraction of sp³-hybridized carbons (Fsp3) is 1.00. The van der Waals surface area contributed by atoms with E-state index in [9.17, 15) is 4.39 Å². The summed E-state index contributed by atoms with van der Waals surface area (Å²) in [5.74, 6) is 2.45. The van der Waals surface area contributed by atoms with Gasteiger partial charge in [0.05, 0.1) is 6.67 Å². The highest BCUT2D eigenvalue weighted by atomic mass is 19.1. The lowest BCUT2D eigenvalue weighted by Crippen LogP contribution is -2.19. The number of hydrogen-bond donors (Lipinski definition) is 0. The maximum absolute atomic E-state index is 12.2. The van der Waals surface area contributed by atoms with Crippen molar-refractivity contribution in [3.63, 3.8) is 0 Å². The van der Waals surface area contributed by atoms with Crippen molar-refractivity contribution in [2.75, 3.05) is 6.67 Å². The topological polar surface area (TPSA) is 0 Å². The third-order valence-corrected chi connectivity index (χ3v) is 4.47. The second-order valence-electron chi connectivity index (χ2n) is 5.18. The minimum Gasteiger partial charge on any atom is -0.251 e. The largest absolute Gasteiger partial charge is 0.251 e. The lowest BCUT2D eigenvalue weighted by Gasteiger charge is -2.26. The molecule has 0 aliphatic heterocycles. The third kappa shape index (κ3) is 1.02. The van der Waals surface area contributed by atoms with Crippen molar-refractivity contribution in [1.82, 2.24) is 0 Å². The summed E-state index contributed by atoms with van der Waals surface area (Å²) in [7, 11) is 0. The van der Waals surface area contributed by atoms with Gasteiger partial charge in [0.25, 0.3) is 0 Å². The van der Waals surface area contributed by atoms with Crippen LogP contribution in [0.2, 0.25) is 0 Å². The highest BCUT2D eigenvalue weighted by Gasteiger charge is 2.52. The fourth-order valence-corrected chi connectivity index (χ4v) is 3.68. The smallest absolute Gasteiger partial charge is 0.0897 e. The van der Waals surface area contributed by atoms with Crippen molar-refractivity contribution in [2.45, 2.75) is 39.5 Å². The highest BCUT2D eigenvalue weighted by molar-refractivity contribution is 5.01. The van der Waals surface area contributed by atoms with E-state index in [1.165, 1.54) is 19.3 Å².